The van der Waals surface area contributed by atoms with Crippen LogP contribution in [0.1, 0.15) is 41.8 Å². The first-order chi connectivity index (χ1) is 19.6. The lowest BCUT2D eigenvalue weighted by atomic mass is 9.96. The third kappa shape index (κ3) is 6.84. The second-order valence-electron chi connectivity index (χ2n) is 11.3. The maximum Gasteiger partial charge on any atom is 0.417 e. The molecule has 9 nitrogen and oxygen atoms in total. The van der Waals surface area contributed by atoms with Crippen LogP contribution in [0.4, 0.5) is 28.9 Å². The number of alkyl halides is 3. The normalized spacial score (nSPS) is 20.1. The number of nitrogens with one attached hydrogen (secondary N) is 2. The highest BCUT2D eigenvalue weighted by Gasteiger charge is 2.36. The average Bonchev–Trinajstić information content (AvgIpc) is 2.91. The fourth-order valence-corrected chi connectivity index (χ4v) is 5.37. The van der Waals surface area contributed by atoms with Crippen molar-refractivity contribution in [3.8, 4) is 0 Å². The number of hydrogen-bond donors (Lipinski definition) is 2. The number of aromatic nitrogens is 1. The van der Waals surface area contributed by atoms with Crippen molar-refractivity contribution in [1.29, 1.82) is 0 Å². The van der Waals surface area contributed by atoms with Crippen molar-refractivity contribution in [3.63, 3.8) is 0 Å². The molecule has 1 aromatic heterocycles. The first kappa shape index (κ1) is 31.2. The Labute approximate surface area is 241 Å². The van der Waals surface area contributed by atoms with Gasteiger partial charge in [0.25, 0.3) is 5.91 Å². The first-order valence-corrected chi connectivity index (χ1v) is 13.7. The van der Waals surface area contributed by atoms with Crippen molar-refractivity contribution in [2.24, 2.45) is 0 Å². The van der Waals surface area contributed by atoms with E-state index in [9.17, 15) is 27.6 Å². The Balaban J connectivity index is 1.73. The van der Waals surface area contributed by atoms with E-state index in [4.69, 9.17) is 0 Å². The van der Waals surface area contributed by atoms with Crippen molar-refractivity contribution < 1.29 is 27.2 Å². The smallest absolute Gasteiger partial charge is 0.367 e. The second kappa shape index (κ2) is 12.3. The number of carbonyl (C=O) groups is 2. The zero-order chi connectivity index (χ0) is 30.9. The zero-order valence-electron chi connectivity index (χ0n) is 24.3. The van der Waals surface area contributed by atoms with Crippen LogP contribution in [0.2, 0.25) is 0 Å². The molecular formula is C29H36F4N6O3. The molecule has 1 fully saturated rings. The fraction of sp³-hybridized carbons (Fsp3) is 0.483. The van der Waals surface area contributed by atoms with Gasteiger partial charge < -0.3 is 25.0 Å². The number of hydrogen-bond acceptors (Lipinski definition) is 6. The van der Waals surface area contributed by atoms with Gasteiger partial charge in [0.1, 0.15) is 5.82 Å². The summed E-state index contributed by atoms with van der Waals surface area (Å²) >= 11 is 0. The lowest BCUT2D eigenvalue weighted by Gasteiger charge is -2.44. The molecular weight excluding hydrogens is 556 g/mol. The first-order valence-electron chi connectivity index (χ1n) is 13.7. The van der Waals surface area contributed by atoms with Gasteiger partial charge in [-0.05, 0) is 59.1 Å². The third-order valence-corrected chi connectivity index (χ3v) is 7.87. The summed E-state index contributed by atoms with van der Waals surface area (Å²) < 4.78 is 56.8. The molecule has 42 heavy (non-hydrogen) atoms. The number of benzene rings is 1. The number of carbonyl (C=O) groups excluding carboxylic acids is 2. The summed E-state index contributed by atoms with van der Waals surface area (Å²) in [5.74, 6) is -1.69. The molecule has 1 aromatic carbocycles. The number of aromatic amines is 1. The Kier molecular flexibility index (Phi) is 9.12. The van der Waals surface area contributed by atoms with Crippen LogP contribution in [-0.2, 0) is 11.0 Å². The largest absolute Gasteiger partial charge is 0.417 e. The monoisotopic (exact) mass is 592 g/mol. The molecule has 2 amide bonds. The van der Waals surface area contributed by atoms with Crippen molar-refractivity contribution in [1.82, 2.24) is 19.7 Å². The number of likely N-dealkylation sites (N-methyl/N-ethyl adjacent to an activating group) is 2. The van der Waals surface area contributed by atoms with E-state index in [0.29, 0.717) is 43.4 Å². The maximum absolute atomic E-state index is 15.7. The lowest BCUT2D eigenvalue weighted by Crippen LogP contribution is -2.55. The maximum atomic E-state index is 15.7. The van der Waals surface area contributed by atoms with Crippen LogP contribution in [0.25, 0.3) is 5.57 Å². The Morgan fingerprint density at radius 1 is 1.12 bits per heavy atom. The minimum Gasteiger partial charge on any atom is -0.367 e. The molecule has 2 aliphatic heterocycles. The van der Waals surface area contributed by atoms with Crippen molar-refractivity contribution in [2.75, 3.05) is 64.1 Å². The number of pyridine rings is 1. The number of piperazine rings is 1. The molecule has 3 heterocycles. The molecule has 2 atom stereocenters. The third-order valence-electron chi connectivity index (χ3n) is 7.87. The predicted octanol–water partition coefficient (Wildman–Crippen LogP) is 3.49. The standard InChI is InChI=1S/C29H36F4N6O3/c1-17-14-39(15-18(2)37(17)5)25-12-23(30)20(19-6-8-38(9-7-19)27(41)16-36(3)4)10-24(25)35-28(42)21-13-34-26(40)11-22(21)29(31,32)33/h6,10-13,17-18H,7-9,14-16H2,1-5H3,(H,34,40)(H,35,42). The van der Waals surface area contributed by atoms with Crippen LogP contribution < -0.4 is 15.8 Å². The van der Waals surface area contributed by atoms with E-state index in [2.05, 4.69) is 15.2 Å². The quantitative estimate of drug-likeness (QED) is 0.500. The summed E-state index contributed by atoms with van der Waals surface area (Å²) in [6.45, 7) is 5.93. The van der Waals surface area contributed by atoms with Gasteiger partial charge >= 0.3 is 6.18 Å². The summed E-state index contributed by atoms with van der Waals surface area (Å²) in [6, 6.07) is 3.26. The van der Waals surface area contributed by atoms with Gasteiger partial charge in [0.15, 0.2) is 0 Å². The zero-order valence-corrected chi connectivity index (χ0v) is 24.3. The van der Waals surface area contributed by atoms with E-state index >= 15 is 4.39 Å². The Bertz CT molecular complexity index is 1430. The molecule has 0 bridgehead atoms. The molecule has 0 radical (unpaired) electrons. The average molecular weight is 593 g/mol. The summed E-state index contributed by atoms with van der Waals surface area (Å²) in [7, 11) is 5.57. The lowest BCUT2D eigenvalue weighted by molar-refractivity contribution is -0.138. The van der Waals surface area contributed by atoms with Gasteiger partial charge in [-0.1, -0.05) is 6.08 Å². The van der Waals surface area contributed by atoms with Gasteiger partial charge in [-0.15, -0.1) is 0 Å². The molecule has 4 rings (SSSR count). The topological polar surface area (TPSA) is 92.0 Å². The van der Waals surface area contributed by atoms with Gasteiger partial charge in [0.2, 0.25) is 11.5 Å². The summed E-state index contributed by atoms with van der Waals surface area (Å²) in [5, 5.41) is 2.57. The van der Waals surface area contributed by atoms with E-state index < -0.39 is 34.6 Å². The van der Waals surface area contributed by atoms with Gasteiger partial charge in [0, 0.05) is 56.1 Å². The molecule has 2 unspecified atom stereocenters. The number of anilines is 2. The van der Waals surface area contributed by atoms with Crippen LogP contribution >= 0.6 is 0 Å². The van der Waals surface area contributed by atoms with E-state index in [1.165, 1.54) is 12.1 Å². The highest BCUT2D eigenvalue weighted by molar-refractivity contribution is 6.07. The van der Waals surface area contributed by atoms with Crippen LogP contribution in [0.5, 0.6) is 0 Å². The van der Waals surface area contributed by atoms with Gasteiger partial charge in [0.05, 0.1) is 29.0 Å². The number of nitrogens with zero attached hydrogens (tertiary/aromatic N) is 4. The van der Waals surface area contributed by atoms with Crippen molar-refractivity contribution >= 4 is 28.8 Å². The molecule has 0 spiro atoms. The second-order valence-corrected chi connectivity index (χ2v) is 11.3. The predicted molar refractivity (Wildman–Crippen MR) is 153 cm³/mol. The van der Waals surface area contributed by atoms with Gasteiger partial charge in [-0.3, -0.25) is 19.3 Å². The highest BCUT2D eigenvalue weighted by Crippen LogP contribution is 2.37. The van der Waals surface area contributed by atoms with Crippen molar-refractivity contribution in [2.45, 2.75) is 38.5 Å². The van der Waals surface area contributed by atoms with Crippen LogP contribution in [0, 0.1) is 5.82 Å². The summed E-state index contributed by atoms with van der Waals surface area (Å²) in [5.41, 5.74) is -1.81. The Hall–Kier alpha value is -3.71. The van der Waals surface area contributed by atoms with Crippen molar-refractivity contribution in [3.05, 3.63) is 63.3 Å². The molecule has 2 aliphatic rings. The van der Waals surface area contributed by atoms with E-state index in [0.717, 1.165) is 6.20 Å². The summed E-state index contributed by atoms with van der Waals surface area (Å²) in [6.07, 6.45) is -2.09. The SMILES string of the molecule is CC1CN(c2cc(F)c(C3=CCN(C(=O)CN(C)C)CC3)cc2NC(=O)c2c[nH]c(=O)cc2C(F)(F)F)CC(C)N1C. The van der Waals surface area contributed by atoms with E-state index in [-0.39, 0.29) is 42.3 Å². The molecule has 13 heteroatoms. The molecule has 2 N–H and O–H groups in total. The van der Waals surface area contributed by atoms with Crippen LogP contribution in [0.15, 0.2) is 35.3 Å². The molecule has 1 saturated heterocycles. The van der Waals surface area contributed by atoms with E-state index in [1.54, 1.807) is 30.0 Å². The Morgan fingerprint density at radius 3 is 2.36 bits per heavy atom. The van der Waals surface area contributed by atoms with Gasteiger partial charge in [-0.25, -0.2) is 4.39 Å². The van der Waals surface area contributed by atoms with Crippen LogP contribution in [-0.4, -0.2) is 97.4 Å². The number of H-pyrrole nitrogens is 1. The number of rotatable bonds is 6. The highest BCUT2D eigenvalue weighted by atomic mass is 19.4. The van der Waals surface area contributed by atoms with Crippen LogP contribution in [0.3, 0.4) is 0 Å². The molecule has 0 aliphatic carbocycles. The molecule has 0 saturated carbocycles. The molecule has 2 aromatic rings. The number of halogens is 4. The number of amides is 2. The minimum absolute atomic E-state index is 0.0567. The van der Waals surface area contributed by atoms with Gasteiger partial charge in [-0.2, -0.15) is 13.2 Å². The Morgan fingerprint density at radius 2 is 1.79 bits per heavy atom. The molecule has 228 valence electrons. The minimum atomic E-state index is -4.94. The summed E-state index contributed by atoms with van der Waals surface area (Å²) in [4.78, 5) is 47.0. The fourth-order valence-electron chi connectivity index (χ4n) is 5.37. The van der Waals surface area contributed by atoms with E-state index in [1.807, 2.05) is 25.8 Å².